The predicted octanol–water partition coefficient (Wildman–Crippen LogP) is 1.89. The molecule has 0 aliphatic rings. The molecule has 1 rings (SSSR count). The second-order valence-electron chi connectivity index (χ2n) is 5.42. The van der Waals surface area contributed by atoms with Gasteiger partial charge in [0.15, 0.2) is 11.6 Å². The predicted molar refractivity (Wildman–Crippen MR) is 78.3 cm³/mol. The van der Waals surface area contributed by atoms with Gasteiger partial charge in [0.2, 0.25) is 5.75 Å². The summed E-state index contributed by atoms with van der Waals surface area (Å²) in [6, 6.07) is 0. The molecular formula is C13H25N5O. The summed E-state index contributed by atoms with van der Waals surface area (Å²) in [5, 5.41) is 0. The Bertz CT molecular complexity index is 385. The number of hydrogen-bond acceptors (Lipinski definition) is 6. The Morgan fingerprint density at radius 1 is 1.21 bits per heavy atom. The number of nitrogens with two attached hydrogens (primary N) is 1. The summed E-state index contributed by atoms with van der Waals surface area (Å²) in [6.45, 7) is 10.6. The molecule has 0 atom stereocenters. The summed E-state index contributed by atoms with van der Waals surface area (Å²) in [5.74, 6) is 8.41. The molecule has 0 aromatic carbocycles. The first-order valence-electron chi connectivity index (χ1n) is 6.60. The molecule has 19 heavy (non-hydrogen) atoms. The summed E-state index contributed by atoms with van der Waals surface area (Å²) in [5.41, 5.74) is 2.55. The summed E-state index contributed by atoms with van der Waals surface area (Å²) >= 11 is 0. The van der Waals surface area contributed by atoms with Crippen LogP contribution >= 0.6 is 0 Å². The van der Waals surface area contributed by atoms with E-state index in [1.54, 1.807) is 7.11 Å². The van der Waals surface area contributed by atoms with E-state index in [9.17, 15) is 0 Å². The maximum Gasteiger partial charge on any atom is 0.205 e. The molecule has 0 bridgehead atoms. The van der Waals surface area contributed by atoms with Crippen molar-refractivity contribution in [1.29, 1.82) is 0 Å². The highest BCUT2D eigenvalue weighted by molar-refractivity contribution is 5.64. The minimum atomic E-state index is 0.505. The number of nitrogen functional groups attached to an aromatic ring is 1. The van der Waals surface area contributed by atoms with Crippen molar-refractivity contribution in [2.45, 2.75) is 27.7 Å². The van der Waals surface area contributed by atoms with Gasteiger partial charge in [-0.15, -0.1) is 0 Å². The Kier molecular flexibility index (Phi) is 5.82. The summed E-state index contributed by atoms with van der Waals surface area (Å²) in [7, 11) is 1.60. The SMILES string of the molecule is COc1c(NN)ncnc1N(CC(C)C)CC(C)C. The third-order valence-electron chi connectivity index (χ3n) is 2.60. The number of nitrogens with one attached hydrogen (secondary N) is 1. The molecule has 1 heterocycles. The first-order valence-corrected chi connectivity index (χ1v) is 6.60. The van der Waals surface area contributed by atoms with E-state index in [1.165, 1.54) is 6.33 Å². The van der Waals surface area contributed by atoms with Gasteiger partial charge in [0, 0.05) is 13.1 Å². The third-order valence-corrected chi connectivity index (χ3v) is 2.60. The molecule has 3 N–H and O–H groups in total. The number of rotatable bonds is 7. The van der Waals surface area contributed by atoms with Gasteiger partial charge in [0.05, 0.1) is 7.11 Å². The lowest BCUT2D eigenvalue weighted by molar-refractivity contribution is 0.409. The van der Waals surface area contributed by atoms with Crippen LogP contribution in [0.1, 0.15) is 27.7 Å². The monoisotopic (exact) mass is 267 g/mol. The zero-order chi connectivity index (χ0) is 14.4. The van der Waals surface area contributed by atoms with Crippen molar-refractivity contribution in [3.05, 3.63) is 6.33 Å². The fraction of sp³-hybridized carbons (Fsp3) is 0.692. The van der Waals surface area contributed by atoms with Gasteiger partial charge in [-0.25, -0.2) is 15.8 Å². The maximum absolute atomic E-state index is 5.46. The Balaban J connectivity index is 3.13. The van der Waals surface area contributed by atoms with Gasteiger partial charge in [-0.3, -0.25) is 0 Å². The van der Waals surface area contributed by atoms with Gasteiger partial charge in [-0.05, 0) is 11.8 Å². The van der Waals surface area contributed by atoms with E-state index in [2.05, 4.69) is 48.0 Å². The van der Waals surface area contributed by atoms with Gasteiger partial charge >= 0.3 is 0 Å². The van der Waals surface area contributed by atoms with E-state index in [4.69, 9.17) is 10.6 Å². The van der Waals surface area contributed by atoms with Crippen molar-refractivity contribution in [2.24, 2.45) is 17.7 Å². The fourth-order valence-electron chi connectivity index (χ4n) is 2.01. The van der Waals surface area contributed by atoms with Crippen LogP contribution in [0.2, 0.25) is 0 Å². The van der Waals surface area contributed by atoms with Gasteiger partial charge in [-0.1, -0.05) is 27.7 Å². The van der Waals surface area contributed by atoms with Gasteiger partial charge in [0.25, 0.3) is 0 Å². The Morgan fingerprint density at radius 3 is 2.21 bits per heavy atom. The Hall–Kier alpha value is -1.56. The van der Waals surface area contributed by atoms with Crippen LogP contribution in [0.3, 0.4) is 0 Å². The number of hydrogen-bond donors (Lipinski definition) is 2. The molecule has 0 aliphatic heterocycles. The average Bonchev–Trinajstić information content (AvgIpc) is 2.35. The molecule has 0 unspecified atom stereocenters. The maximum atomic E-state index is 5.46. The van der Waals surface area contributed by atoms with Gasteiger partial charge in [-0.2, -0.15) is 0 Å². The van der Waals surface area contributed by atoms with Crippen LogP contribution in [0.4, 0.5) is 11.6 Å². The van der Waals surface area contributed by atoms with Crippen LogP contribution in [0.5, 0.6) is 5.75 Å². The van der Waals surface area contributed by atoms with Crippen molar-refractivity contribution in [2.75, 3.05) is 30.5 Å². The van der Waals surface area contributed by atoms with Crippen LogP contribution in [0, 0.1) is 11.8 Å². The minimum Gasteiger partial charge on any atom is -0.490 e. The molecule has 6 heteroatoms. The molecule has 1 aromatic rings. The van der Waals surface area contributed by atoms with Crippen LogP contribution in [0.15, 0.2) is 6.33 Å². The topological polar surface area (TPSA) is 76.3 Å². The van der Waals surface area contributed by atoms with E-state index < -0.39 is 0 Å². The highest BCUT2D eigenvalue weighted by Gasteiger charge is 2.19. The van der Waals surface area contributed by atoms with Gasteiger partial charge in [0.1, 0.15) is 6.33 Å². The second-order valence-corrected chi connectivity index (χ2v) is 5.42. The summed E-state index contributed by atoms with van der Waals surface area (Å²) < 4.78 is 5.40. The standard InChI is InChI=1S/C13H25N5O/c1-9(2)6-18(7-10(3)4)13-11(19-5)12(17-14)15-8-16-13/h8-10H,6-7,14H2,1-5H3,(H,15,16,17). The van der Waals surface area contributed by atoms with E-state index in [0.717, 1.165) is 18.9 Å². The Labute approximate surface area is 115 Å². The van der Waals surface area contributed by atoms with Gasteiger partial charge < -0.3 is 15.1 Å². The second kappa shape index (κ2) is 7.13. The lowest BCUT2D eigenvalue weighted by Crippen LogP contribution is -2.32. The minimum absolute atomic E-state index is 0.505. The molecule has 0 saturated heterocycles. The number of aromatic nitrogens is 2. The molecule has 0 aliphatic carbocycles. The van der Waals surface area contributed by atoms with Crippen molar-refractivity contribution in [1.82, 2.24) is 9.97 Å². The molecular weight excluding hydrogens is 242 g/mol. The molecule has 0 radical (unpaired) electrons. The molecule has 0 saturated carbocycles. The fourth-order valence-corrected chi connectivity index (χ4v) is 2.01. The normalized spacial score (nSPS) is 10.9. The van der Waals surface area contributed by atoms with Crippen molar-refractivity contribution in [3.8, 4) is 5.75 Å². The van der Waals surface area contributed by atoms with Crippen molar-refractivity contribution < 1.29 is 4.74 Å². The molecule has 6 nitrogen and oxygen atoms in total. The number of nitrogens with zero attached hydrogens (tertiary/aromatic N) is 3. The lowest BCUT2D eigenvalue weighted by atomic mass is 10.1. The zero-order valence-corrected chi connectivity index (χ0v) is 12.5. The number of hydrazine groups is 1. The van der Waals surface area contributed by atoms with Crippen LogP contribution in [0.25, 0.3) is 0 Å². The molecule has 108 valence electrons. The van der Waals surface area contributed by atoms with Crippen molar-refractivity contribution in [3.63, 3.8) is 0 Å². The van der Waals surface area contributed by atoms with Crippen molar-refractivity contribution >= 4 is 11.6 Å². The first kappa shape index (κ1) is 15.5. The highest BCUT2D eigenvalue weighted by atomic mass is 16.5. The summed E-state index contributed by atoms with van der Waals surface area (Å²) in [4.78, 5) is 10.6. The van der Waals surface area contributed by atoms with Crippen LogP contribution in [-0.2, 0) is 0 Å². The summed E-state index contributed by atoms with van der Waals surface area (Å²) in [6.07, 6.45) is 1.50. The molecule has 1 aromatic heterocycles. The lowest BCUT2D eigenvalue weighted by Gasteiger charge is -2.28. The Morgan fingerprint density at radius 2 is 1.79 bits per heavy atom. The van der Waals surface area contributed by atoms with Crippen LogP contribution < -0.4 is 20.9 Å². The van der Waals surface area contributed by atoms with E-state index in [1.807, 2.05) is 0 Å². The first-order chi connectivity index (χ1) is 8.99. The molecule has 0 amide bonds. The quantitative estimate of drug-likeness (QED) is 0.580. The van der Waals surface area contributed by atoms with E-state index in [-0.39, 0.29) is 0 Å². The number of anilines is 2. The highest BCUT2D eigenvalue weighted by Crippen LogP contribution is 2.32. The third kappa shape index (κ3) is 4.24. The largest absolute Gasteiger partial charge is 0.490 e. The molecule has 0 spiro atoms. The molecule has 0 fully saturated rings. The average molecular weight is 267 g/mol. The zero-order valence-electron chi connectivity index (χ0n) is 12.5. The van der Waals surface area contributed by atoms with E-state index >= 15 is 0 Å². The smallest absolute Gasteiger partial charge is 0.205 e. The number of methoxy groups -OCH3 is 1. The van der Waals surface area contributed by atoms with E-state index in [0.29, 0.717) is 23.4 Å². The number of ether oxygens (including phenoxy) is 1. The van der Waals surface area contributed by atoms with Crippen LogP contribution in [-0.4, -0.2) is 30.2 Å².